The van der Waals surface area contributed by atoms with Crippen molar-refractivity contribution in [3.63, 3.8) is 0 Å². The highest BCUT2D eigenvalue weighted by molar-refractivity contribution is 5.95. The molecule has 2 N–H and O–H groups in total. The number of carbonyl (C=O) groups excluding carboxylic acids is 1. The van der Waals surface area contributed by atoms with Gasteiger partial charge in [-0.25, -0.2) is 0 Å². The van der Waals surface area contributed by atoms with E-state index >= 15 is 0 Å². The third-order valence-electron chi connectivity index (χ3n) is 5.42. The summed E-state index contributed by atoms with van der Waals surface area (Å²) in [4.78, 5) is 13.1. The van der Waals surface area contributed by atoms with Crippen molar-refractivity contribution in [3.8, 4) is 0 Å². The standard InChI is InChI=1S/C22H28F3N3O2/c1-21(2,30)14-28-11-10-19(27-28)26-20(29)18(12-15-6-3-4-7-15)16-8-5-9-17(13-16)22(23,24)25/h5,8-11,13,15,18,30H,3-4,6-7,12,14H2,1-2H3,(H,26,27,29)/t18-/m1/s1. The molecule has 30 heavy (non-hydrogen) atoms. The zero-order valence-corrected chi connectivity index (χ0v) is 17.2. The topological polar surface area (TPSA) is 67.2 Å². The second-order valence-electron chi connectivity index (χ2n) is 8.76. The van der Waals surface area contributed by atoms with Gasteiger partial charge in [-0.3, -0.25) is 9.48 Å². The Balaban J connectivity index is 1.81. The lowest BCUT2D eigenvalue weighted by Crippen LogP contribution is -2.27. The number of alkyl halides is 3. The zero-order valence-electron chi connectivity index (χ0n) is 17.2. The van der Waals surface area contributed by atoms with Crippen LogP contribution in [0.15, 0.2) is 36.5 Å². The molecule has 0 saturated heterocycles. The molecule has 1 aliphatic rings. The maximum Gasteiger partial charge on any atom is 0.416 e. The number of hydrogen-bond donors (Lipinski definition) is 2. The minimum atomic E-state index is -4.46. The summed E-state index contributed by atoms with van der Waals surface area (Å²) in [5.74, 6) is -0.416. The van der Waals surface area contributed by atoms with Crippen LogP contribution in [-0.4, -0.2) is 26.4 Å². The summed E-state index contributed by atoms with van der Waals surface area (Å²) in [5, 5.41) is 16.9. The number of carbonyl (C=O) groups is 1. The van der Waals surface area contributed by atoms with Crippen LogP contribution >= 0.6 is 0 Å². The molecule has 0 unspecified atom stereocenters. The molecule has 1 fully saturated rings. The van der Waals surface area contributed by atoms with Gasteiger partial charge in [-0.1, -0.05) is 43.9 Å². The molecule has 0 bridgehead atoms. The van der Waals surface area contributed by atoms with Gasteiger partial charge in [0.2, 0.25) is 5.91 Å². The first kappa shape index (κ1) is 22.3. The maximum absolute atomic E-state index is 13.2. The van der Waals surface area contributed by atoms with Crippen molar-refractivity contribution in [1.82, 2.24) is 9.78 Å². The molecule has 1 amide bonds. The molecule has 5 nitrogen and oxygen atoms in total. The summed E-state index contributed by atoms with van der Waals surface area (Å²) >= 11 is 0. The average molecular weight is 423 g/mol. The Morgan fingerprint density at radius 3 is 2.60 bits per heavy atom. The van der Waals surface area contributed by atoms with E-state index in [2.05, 4.69) is 10.4 Å². The number of halogens is 3. The number of anilines is 1. The van der Waals surface area contributed by atoms with Gasteiger partial charge in [0.05, 0.1) is 23.6 Å². The highest BCUT2D eigenvalue weighted by Gasteiger charge is 2.33. The molecular formula is C22H28F3N3O2. The maximum atomic E-state index is 13.2. The number of aromatic nitrogens is 2. The fourth-order valence-corrected chi connectivity index (χ4v) is 4.03. The zero-order chi connectivity index (χ0) is 21.9. The lowest BCUT2D eigenvalue weighted by Gasteiger charge is -2.21. The minimum Gasteiger partial charge on any atom is -0.389 e. The van der Waals surface area contributed by atoms with Crippen LogP contribution in [-0.2, 0) is 17.5 Å². The molecule has 0 radical (unpaired) electrons. The van der Waals surface area contributed by atoms with Crippen LogP contribution in [0, 0.1) is 5.92 Å². The van der Waals surface area contributed by atoms with Gasteiger partial charge in [-0.15, -0.1) is 0 Å². The Morgan fingerprint density at radius 2 is 1.97 bits per heavy atom. The van der Waals surface area contributed by atoms with Gasteiger partial charge in [-0.05, 0) is 37.8 Å². The largest absolute Gasteiger partial charge is 0.416 e. The van der Waals surface area contributed by atoms with Crippen LogP contribution in [0.4, 0.5) is 19.0 Å². The van der Waals surface area contributed by atoms with Crippen LogP contribution < -0.4 is 5.32 Å². The third-order valence-corrected chi connectivity index (χ3v) is 5.42. The predicted octanol–water partition coefficient (Wildman–Crippen LogP) is 4.98. The van der Waals surface area contributed by atoms with Gasteiger partial charge in [-0.2, -0.15) is 18.3 Å². The molecule has 1 saturated carbocycles. The molecule has 1 aromatic heterocycles. The Bertz CT molecular complexity index is 865. The van der Waals surface area contributed by atoms with Crippen LogP contribution in [0.25, 0.3) is 0 Å². The highest BCUT2D eigenvalue weighted by Crippen LogP contribution is 2.37. The van der Waals surface area contributed by atoms with Crippen LogP contribution in [0.5, 0.6) is 0 Å². The van der Waals surface area contributed by atoms with E-state index in [1.165, 1.54) is 10.7 Å². The van der Waals surface area contributed by atoms with E-state index in [4.69, 9.17) is 0 Å². The van der Waals surface area contributed by atoms with Crippen molar-refractivity contribution in [3.05, 3.63) is 47.7 Å². The first-order valence-electron chi connectivity index (χ1n) is 10.2. The van der Waals surface area contributed by atoms with Crippen molar-refractivity contribution in [2.45, 2.75) is 70.2 Å². The predicted molar refractivity (Wildman–Crippen MR) is 108 cm³/mol. The van der Waals surface area contributed by atoms with Gasteiger partial charge in [0.1, 0.15) is 0 Å². The lowest BCUT2D eigenvalue weighted by atomic mass is 9.86. The van der Waals surface area contributed by atoms with E-state index in [-0.39, 0.29) is 12.5 Å². The molecule has 2 aromatic rings. The fourth-order valence-electron chi connectivity index (χ4n) is 4.03. The number of rotatable bonds is 7. The molecule has 1 atom stereocenters. The molecule has 3 rings (SSSR count). The minimum absolute atomic E-state index is 0.252. The molecule has 164 valence electrons. The molecule has 0 spiro atoms. The van der Waals surface area contributed by atoms with E-state index in [1.54, 1.807) is 32.2 Å². The normalized spacial score (nSPS) is 16.6. The van der Waals surface area contributed by atoms with Gasteiger partial charge >= 0.3 is 6.18 Å². The summed E-state index contributed by atoms with van der Waals surface area (Å²) in [5.41, 5.74) is -1.35. The Labute approximate surface area is 174 Å². The number of hydrogen-bond acceptors (Lipinski definition) is 3. The quantitative estimate of drug-likeness (QED) is 0.660. The highest BCUT2D eigenvalue weighted by atomic mass is 19.4. The van der Waals surface area contributed by atoms with Crippen molar-refractivity contribution < 1.29 is 23.1 Å². The van der Waals surface area contributed by atoms with Crippen molar-refractivity contribution in [2.24, 2.45) is 5.92 Å². The third kappa shape index (κ3) is 6.08. The van der Waals surface area contributed by atoms with Gasteiger partial charge in [0, 0.05) is 12.3 Å². The number of aliphatic hydroxyl groups is 1. The molecular weight excluding hydrogens is 395 g/mol. The van der Waals surface area contributed by atoms with E-state index in [1.807, 2.05) is 0 Å². The van der Waals surface area contributed by atoms with Gasteiger partial charge in [0.25, 0.3) is 0 Å². The number of nitrogens with one attached hydrogen (secondary N) is 1. The Kier molecular flexibility index (Phi) is 6.55. The van der Waals surface area contributed by atoms with Crippen molar-refractivity contribution >= 4 is 11.7 Å². The van der Waals surface area contributed by atoms with Crippen LogP contribution in [0.2, 0.25) is 0 Å². The molecule has 1 aromatic carbocycles. The molecule has 8 heteroatoms. The monoisotopic (exact) mass is 423 g/mol. The second kappa shape index (κ2) is 8.79. The van der Waals surface area contributed by atoms with E-state index < -0.39 is 23.3 Å². The first-order chi connectivity index (χ1) is 14.0. The van der Waals surface area contributed by atoms with Crippen molar-refractivity contribution in [1.29, 1.82) is 0 Å². The molecule has 1 heterocycles. The van der Waals surface area contributed by atoms with E-state index in [0.717, 1.165) is 37.8 Å². The van der Waals surface area contributed by atoms with Crippen LogP contribution in [0.1, 0.15) is 63.0 Å². The number of nitrogens with zero attached hydrogens (tertiary/aromatic N) is 2. The summed E-state index contributed by atoms with van der Waals surface area (Å²) < 4.78 is 41.1. The molecule has 1 aliphatic carbocycles. The summed E-state index contributed by atoms with van der Waals surface area (Å²) in [6, 6.07) is 6.65. The summed E-state index contributed by atoms with van der Waals surface area (Å²) in [6.45, 7) is 3.55. The Hall–Kier alpha value is -2.35. The number of amides is 1. The average Bonchev–Trinajstić information content (AvgIpc) is 3.29. The summed E-state index contributed by atoms with van der Waals surface area (Å²) in [6.07, 6.45) is 1.85. The smallest absolute Gasteiger partial charge is 0.389 e. The Morgan fingerprint density at radius 1 is 1.27 bits per heavy atom. The van der Waals surface area contributed by atoms with Gasteiger partial charge in [0.15, 0.2) is 5.82 Å². The second-order valence-corrected chi connectivity index (χ2v) is 8.76. The fraction of sp³-hybridized carbons (Fsp3) is 0.545. The van der Waals surface area contributed by atoms with E-state index in [9.17, 15) is 23.1 Å². The SMILES string of the molecule is CC(C)(O)Cn1ccc(NC(=O)[C@H](CC2CCCC2)c2cccc(C(F)(F)F)c2)n1. The molecule has 0 aliphatic heterocycles. The van der Waals surface area contributed by atoms with Crippen molar-refractivity contribution in [2.75, 3.05) is 5.32 Å². The van der Waals surface area contributed by atoms with Crippen LogP contribution in [0.3, 0.4) is 0 Å². The lowest BCUT2D eigenvalue weighted by molar-refractivity contribution is -0.137. The van der Waals surface area contributed by atoms with Gasteiger partial charge < -0.3 is 10.4 Å². The number of benzene rings is 1. The summed E-state index contributed by atoms with van der Waals surface area (Å²) in [7, 11) is 0. The van der Waals surface area contributed by atoms with E-state index in [0.29, 0.717) is 23.7 Å². The first-order valence-corrected chi connectivity index (χ1v) is 10.2.